The van der Waals surface area contributed by atoms with Gasteiger partial charge in [0.25, 0.3) is 11.8 Å². The van der Waals surface area contributed by atoms with Crippen molar-refractivity contribution in [1.82, 2.24) is 0 Å². The molecule has 3 aromatic carbocycles. The Hall–Kier alpha value is -3.80. The number of carbonyl (C=O) groups is 2. The summed E-state index contributed by atoms with van der Waals surface area (Å²) >= 11 is 0. The Morgan fingerprint density at radius 3 is 2.58 bits per heavy atom. The number of carbonyl (C=O) groups excluding carboxylic acids is 2. The van der Waals surface area contributed by atoms with E-state index in [1.807, 2.05) is 55.5 Å². The Kier molecular flexibility index (Phi) is 6.63. The number of amides is 2. The highest BCUT2D eigenvalue weighted by atomic mass is 16.5. The zero-order valence-corrected chi connectivity index (χ0v) is 19.1. The number of nitrogens with zero attached hydrogens (tertiary/aromatic N) is 1. The highest BCUT2D eigenvalue weighted by Crippen LogP contribution is 2.37. The average molecular weight is 445 g/mol. The fourth-order valence-electron chi connectivity index (χ4n) is 3.77. The molecule has 0 saturated heterocycles. The van der Waals surface area contributed by atoms with Gasteiger partial charge in [-0.3, -0.25) is 9.59 Å². The van der Waals surface area contributed by atoms with Crippen LogP contribution < -0.4 is 19.7 Å². The standard InChI is InChI=1S/C27H28N2O4/c1-4-20-9-12-23(13-10-20)32-17-26(30)28-22-11-14-25-24(15-22)29(27(31)19(3)33-25)16-21-8-6-5-7-18(21)2/h5-15,19H,4,16-17H2,1-3H3,(H,28,30). The quantitative estimate of drug-likeness (QED) is 0.564. The average Bonchev–Trinajstić information content (AvgIpc) is 2.82. The number of fused-ring (bicyclic) bond motifs is 1. The lowest BCUT2D eigenvalue weighted by atomic mass is 10.1. The summed E-state index contributed by atoms with van der Waals surface area (Å²) < 4.78 is 11.4. The van der Waals surface area contributed by atoms with Gasteiger partial charge in [-0.05, 0) is 67.3 Å². The first-order valence-electron chi connectivity index (χ1n) is 11.1. The van der Waals surface area contributed by atoms with Crippen LogP contribution in [0.4, 0.5) is 11.4 Å². The topological polar surface area (TPSA) is 67.9 Å². The van der Waals surface area contributed by atoms with Gasteiger partial charge in [0.05, 0.1) is 12.2 Å². The molecule has 1 aliphatic heterocycles. The summed E-state index contributed by atoms with van der Waals surface area (Å²) in [5, 5.41) is 2.85. The molecule has 0 spiro atoms. The van der Waals surface area contributed by atoms with E-state index in [1.54, 1.807) is 30.0 Å². The molecule has 4 rings (SSSR count). The lowest BCUT2D eigenvalue weighted by molar-refractivity contribution is -0.125. The maximum absolute atomic E-state index is 12.9. The maximum Gasteiger partial charge on any atom is 0.268 e. The molecule has 33 heavy (non-hydrogen) atoms. The second-order valence-electron chi connectivity index (χ2n) is 8.13. The maximum atomic E-state index is 12.9. The first-order valence-corrected chi connectivity index (χ1v) is 11.1. The van der Waals surface area contributed by atoms with Gasteiger partial charge in [0.1, 0.15) is 11.5 Å². The van der Waals surface area contributed by atoms with E-state index in [9.17, 15) is 9.59 Å². The molecule has 0 bridgehead atoms. The van der Waals surface area contributed by atoms with Gasteiger partial charge in [0, 0.05) is 5.69 Å². The number of aryl methyl sites for hydroxylation is 2. The molecule has 1 aliphatic rings. The van der Waals surface area contributed by atoms with Crippen molar-refractivity contribution in [3.05, 3.63) is 83.4 Å². The summed E-state index contributed by atoms with van der Waals surface area (Å²) in [6.07, 6.45) is 0.375. The summed E-state index contributed by atoms with van der Waals surface area (Å²) in [6.45, 7) is 6.18. The van der Waals surface area contributed by atoms with Gasteiger partial charge in [0.2, 0.25) is 0 Å². The van der Waals surface area contributed by atoms with Gasteiger partial charge in [-0.25, -0.2) is 0 Å². The molecule has 170 valence electrons. The molecule has 0 fully saturated rings. The van der Waals surface area contributed by atoms with Crippen LogP contribution in [0.5, 0.6) is 11.5 Å². The normalized spacial score (nSPS) is 14.9. The fourth-order valence-corrected chi connectivity index (χ4v) is 3.77. The molecule has 3 aromatic rings. The molecule has 0 aliphatic carbocycles. The van der Waals surface area contributed by atoms with E-state index in [4.69, 9.17) is 9.47 Å². The van der Waals surface area contributed by atoms with Gasteiger partial charge in [0.15, 0.2) is 12.7 Å². The molecule has 2 amide bonds. The van der Waals surface area contributed by atoms with Crippen LogP contribution in [0.2, 0.25) is 0 Å². The molecule has 0 radical (unpaired) electrons. The third-order valence-corrected chi connectivity index (χ3v) is 5.74. The van der Waals surface area contributed by atoms with E-state index in [2.05, 4.69) is 12.2 Å². The van der Waals surface area contributed by atoms with Gasteiger partial charge in [-0.2, -0.15) is 0 Å². The van der Waals surface area contributed by atoms with Crippen molar-refractivity contribution in [2.24, 2.45) is 0 Å². The lowest BCUT2D eigenvalue weighted by Gasteiger charge is -2.33. The molecule has 0 saturated carbocycles. The van der Waals surface area contributed by atoms with Crippen molar-refractivity contribution in [2.75, 3.05) is 16.8 Å². The highest BCUT2D eigenvalue weighted by molar-refractivity contribution is 6.01. The predicted octanol–water partition coefficient (Wildman–Crippen LogP) is 4.89. The van der Waals surface area contributed by atoms with Crippen LogP contribution in [0, 0.1) is 6.92 Å². The van der Waals surface area contributed by atoms with Crippen molar-refractivity contribution in [3.63, 3.8) is 0 Å². The summed E-state index contributed by atoms with van der Waals surface area (Å²) in [5.41, 5.74) is 4.59. The van der Waals surface area contributed by atoms with Gasteiger partial charge in [-0.1, -0.05) is 43.3 Å². The monoisotopic (exact) mass is 444 g/mol. The highest BCUT2D eigenvalue weighted by Gasteiger charge is 2.32. The van der Waals surface area contributed by atoms with Gasteiger partial charge in [-0.15, -0.1) is 0 Å². The molecule has 1 N–H and O–H groups in total. The summed E-state index contributed by atoms with van der Waals surface area (Å²) in [6, 6.07) is 21.0. The Balaban J connectivity index is 1.48. The van der Waals surface area contributed by atoms with Crippen molar-refractivity contribution in [3.8, 4) is 11.5 Å². The van der Waals surface area contributed by atoms with Crippen LogP contribution in [0.1, 0.15) is 30.5 Å². The Morgan fingerprint density at radius 1 is 1.09 bits per heavy atom. The molecular formula is C27H28N2O4. The Morgan fingerprint density at radius 2 is 1.85 bits per heavy atom. The number of hydrogen-bond acceptors (Lipinski definition) is 4. The van der Waals surface area contributed by atoms with E-state index in [-0.39, 0.29) is 18.4 Å². The van der Waals surface area contributed by atoms with E-state index < -0.39 is 6.10 Å². The zero-order valence-electron chi connectivity index (χ0n) is 19.1. The number of hydrogen-bond donors (Lipinski definition) is 1. The van der Waals surface area contributed by atoms with Crippen molar-refractivity contribution in [2.45, 2.75) is 39.8 Å². The minimum atomic E-state index is -0.575. The van der Waals surface area contributed by atoms with Crippen LogP contribution in [-0.2, 0) is 22.6 Å². The lowest BCUT2D eigenvalue weighted by Crippen LogP contribution is -2.44. The predicted molar refractivity (Wildman–Crippen MR) is 129 cm³/mol. The Bertz CT molecular complexity index is 1160. The van der Waals surface area contributed by atoms with Crippen LogP contribution in [0.25, 0.3) is 0 Å². The van der Waals surface area contributed by atoms with Crippen molar-refractivity contribution >= 4 is 23.2 Å². The van der Waals surface area contributed by atoms with E-state index >= 15 is 0 Å². The van der Waals surface area contributed by atoms with E-state index in [1.165, 1.54) is 5.56 Å². The minimum absolute atomic E-state index is 0.109. The van der Waals surface area contributed by atoms with Crippen LogP contribution in [0.15, 0.2) is 66.7 Å². The van der Waals surface area contributed by atoms with Crippen molar-refractivity contribution in [1.29, 1.82) is 0 Å². The van der Waals surface area contributed by atoms with Crippen LogP contribution in [0.3, 0.4) is 0 Å². The molecule has 1 unspecified atom stereocenters. The summed E-state index contributed by atoms with van der Waals surface area (Å²) in [5.74, 6) is 0.857. The van der Waals surface area contributed by atoms with Crippen LogP contribution in [-0.4, -0.2) is 24.5 Å². The van der Waals surface area contributed by atoms with Gasteiger partial charge < -0.3 is 19.7 Å². The number of anilines is 2. The fraction of sp³-hybridized carbons (Fsp3) is 0.259. The largest absolute Gasteiger partial charge is 0.484 e. The molecular weight excluding hydrogens is 416 g/mol. The zero-order chi connectivity index (χ0) is 23.4. The molecule has 0 aromatic heterocycles. The number of nitrogens with one attached hydrogen (secondary N) is 1. The summed E-state index contributed by atoms with van der Waals surface area (Å²) in [7, 11) is 0. The number of rotatable bonds is 7. The summed E-state index contributed by atoms with van der Waals surface area (Å²) in [4.78, 5) is 27.1. The molecule has 1 atom stereocenters. The van der Waals surface area contributed by atoms with Crippen LogP contribution >= 0.6 is 0 Å². The van der Waals surface area contributed by atoms with E-state index in [0.29, 0.717) is 29.4 Å². The first-order chi connectivity index (χ1) is 15.9. The van der Waals surface area contributed by atoms with Gasteiger partial charge >= 0.3 is 0 Å². The third-order valence-electron chi connectivity index (χ3n) is 5.74. The smallest absolute Gasteiger partial charge is 0.268 e. The Labute approximate surface area is 194 Å². The second kappa shape index (κ2) is 9.77. The number of ether oxygens (including phenoxy) is 2. The minimum Gasteiger partial charge on any atom is -0.484 e. The second-order valence-corrected chi connectivity index (χ2v) is 8.13. The molecule has 6 nitrogen and oxygen atoms in total. The molecule has 6 heteroatoms. The van der Waals surface area contributed by atoms with E-state index in [0.717, 1.165) is 17.5 Å². The molecule has 1 heterocycles. The number of benzene rings is 3. The first kappa shape index (κ1) is 22.4. The third kappa shape index (κ3) is 5.17. The SMILES string of the molecule is CCc1ccc(OCC(=O)Nc2ccc3c(c2)N(Cc2ccccc2C)C(=O)C(C)O3)cc1. The van der Waals surface area contributed by atoms with Crippen molar-refractivity contribution < 1.29 is 19.1 Å².